The van der Waals surface area contributed by atoms with Gasteiger partial charge in [-0.2, -0.15) is 0 Å². The number of hydrogen-bond acceptors (Lipinski definition) is 2. The van der Waals surface area contributed by atoms with Crippen molar-refractivity contribution in [2.75, 3.05) is 52.4 Å². The molecule has 4 heteroatoms. The number of rotatable bonds is 10. The SMILES string of the molecule is C(CCCCN1CCC[N+]2=C1CCCCC2)CCCCN1CCC[N+]2=C1CCCCC2. The van der Waals surface area contributed by atoms with E-state index in [1.54, 1.807) is 11.7 Å². The van der Waals surface area contributed by atoms with Crippen LogP contribution >= 0.6 is 0 Å². The number of nitrogens with zero attached hydrogens (tertiary/aromatic N) is 4. The van der Waals surface area contributed by atoms with Crippen LogP contribution in [-0.4, -0.2) is 83.0 Å². The third-order valence-electron chi connectivity index (χ3n) is 8.19. The maximum atomic E-state index is 2.75. The van der Waals surface area contributed by atoms with E-state index in [-0.39, 0.29) is 0 Å². The number of amidine groups is 2. The van der Waals surface area contributed by atoms with E-state index in [0.717, 1.165) is 0 Å². The fourth-order valence-electron chi connectivity index (χ4n) is 6.43. The quantitative estimate of drug-likeness (QED) is 0.353. The number of unbranched alkanes of at least 4 members (excludes halogenated alkanes) is 6. The molecule has 0 saturated carbocycles. The second kappa shape index (κ2) is 12.8. The van der Waals surface area contributed by atoms with Crippen molar-refractivity contribution < 1.29 is 9.15 Å². The van der Waals surface area contributed by atoms with Gasteiger partial charge in [-0.1, -0.05) is 19.3 Å². The highest BCUT2D eigenvalue weighted by Gasteiger charge is 2.28. The third-order valence-corrected chi connectivity index (χ3v) is 8.19. The van der Waals surface area contributed by atoms with Crippen molar-refractivity contribution in [2.24, 2.45) is 0 Å². The van der Waals surface area contributed by atoms with Gasteiger partial charge >= 0.3 is 0 Å². The van der Waals surface area contributed by atoms with Gasteiger partial charge in [0.25, 0.3) is 0 Å². The second-order valence-corrected chi connectivity index (χ2v) is 10.6. The Morgan fingerprint density at radius 3 is 1.35 bits per heavy atom. The first-order valence-electron chi connectivity index (χ1n) is 14.1. The minimum absolute atomic E-state index is 1.32. The van der Waals surface area contributed by atoms with Crippen molar-refractivity contribution >= 4 is 11.7 Å². The zero-order chi connectivity index (χ0) is 21.1. The molecule has 0 fully saturated rings. The molecule has 0 bridgehead atoms. The summed E-state index contributed by atoms with van der Waals surface area (Å²) in [6, 6.07) is 0. The van der Waals surface area contributed by atoms with E-state index >= 15 is 0 Å². The summed E-state index contributed by atoms with van der Waals surface area (Å²) in [5.41, 5.74) is 0. The smallest absolute Gasteiger partial charge is 0.246 e. The molecule has 0 unspecified atom stereocenters. The average molecular weight is 431 g/mol. The van der Waals surface area contributed by atoms with Crippen LogP contribution in [0, 0.1) is 0 Å². The van der Waals surface area contributed by atoms with Gasteiger partial charge in [0.05, 0.1) is 52.4 Å². The summed E-state index contributed by atoms with van der Waals surface area (Å²) < 4.78 is 5.43. The minimum Gasteiger partial charge on any atom is -0.266 e. The Morgan fingerprint density at radius 2 is 0.871 bits per heavy atom. The van der Waals surface area contributed by atoms with Crippen LogP contribution in [0.15, 0.2) is 0 Å². The van der Waals surface area contributed by atoms with Gasteiger partial charge in [-0.3, -0.25) is 19.0 Å². The molecule has 0 aliphatic carbocycles. The van der Waals surface area contributed by atoms with E-state index in [9.17, 15) is 0 Å². The molecule has 4 rings (SSSR count). The van der Waals surface area contributed by atoms with E-state index in [2.05, 4.69) is 19.0 Å². The monoisotopic (exact) mass is 430 g/mol. The predicted molar refractivity (Wildman–Crippen MR) is 132 cm³/mol. The summed E-state index contributed by atoms with van der Waals surface area (Å²) in [5, 5.41) is 0. The van der Waals surface area contributed by atoms with Crippen LogP contribution in [0.1, 0.15) is 109 Å². The van der Waals surface area contributed by atoms with Gasteiger partial charge in [-0.05, 0) is 64.2 Å². The van der Waals surface area contributed by atoms with Crippen molar-refractivity contribution in [3.05, 3.63) is 0 Å². The molecule has 31 heavy (non-hydrogen) atoms. The third kappa shape index (κ3) is 6.96. The molecular weight excluding hydrogens is 380 g/mol. The Bertz CT molecular complexity index is 556. The molecule has 0 spiro atoms. The maximum absolute atomic E-state index is 2.75. The van der Waals surface area contributed by atoms with Gasteiger partial charge in [0.15, 0.2) is 0 Å². The van der Waals surface area contributed by atoms with Gasteiger partial charge in [-0.15, -0.1) is 0 Å². The van der Waals surface area contributed by atoms with Gasteiger partial charge < -0.3 is 0 Å². The fraction of sp³-hybridized carbons (Fsp3) is 0.926. The van der Waals surface area contributed by atoms with E-state index < -0.39 is 0 Å². The van der Waals surface area contributed by atoms with Gasteiger partial charge in [-0.25, -0.2) is 0 Å². The highest BCUT2D eigenvalue weighted by atomic mass is 15.3. The Balaban J connectivity index is 1.05. The standard InChI is InChI=1S/C27H50N4/c1(2-4-10-18-28-22-14-24-30-20-12-6-8-16-26(28)30)3-5-11-19-29-23-15-25-31-21-13-7-9-17-27(29)31/h1-25H2/q+2. The van der Waals surface area contributed by atoms with E-state index in [1.165, 1.54) is 162 Å². The summed E-state index contributed by atoms with van der Waals surface area (Å²) in [6.45, 7) is 10.5. The number of hydrogen-bond donors (Lipinski definition) is 0. The Morgan fingerprint density at radius 1 is 0.452 bits per heavy atom. The highest BCUT2D eigenvalue weighted by molar-refractivity contribution is 5.78. The van der Waals surface area contributed by atoms with Crippen LogP contribution in [0.25, 0.3) is 0 Å². The lowest BCUT2D eigenvalue weighted by molar-refractivity contribution is -0.539. The molecule has 0 aromatic rings. The first-order chi connectivity index (χ1) is 15.4. The first kappa shape index (κ1) is 23.1. The maximum Gasteiger partial charge on any atom is 0.246 e. The molecule has 4 aliphatic rings. The molecule has 4 aliphatic heterocycles. The zero-order valence-corrected chi connectivity index (χ0v) is 20.5. The lowest BCUT2D eigenvalue weighted by Crippen LogP contribution is -2.44. The summed E-state index contributed by atoms with van der Waals surface area (Å²) in [4.78, 5) is 5.50. The van der Waals surface area contributed by atoms with Crippen LogP contribution in [-0.2, 0) is 0 Å². The Hall–Kier alpha value is -1.06. The van der Waals surface area contributed by atoms with E-state index in [1.807, 2.05) is 0 Å². The Kier molecular flexibility index (Phi) is 9.57. The molecule has 0 radical (unpaired) electrons. The lowest BCUT2D eigenvalue weighted by atomic mass is 10.1. The normalized spacial score (nSPS) is 22.8. The van der Waals surface area contributed by atoms with Crippen molar-refractivity contribution in [3.8, 4) is 0 Å². The molecule has 0 saturated heterocycles. The van der Waals surface area contributed by atoms with E-state index in [4.69, 9.17) is 0 Å². The van der Waals surface area contributed by atoms with Gasteiger partial charge in [0.2, 0.25) is 11.7 Å². The molecule has 4 nitrogen and oxygen atoms in total. The van der Waals surface area contributed by atoms with Crippen LogP contribution in [0.5, 0.6) is 0 Å². The van der Waals surface area contributed by atoms with Gasteiger partial charge in [0.1, 0.15) is 0 Å². The van der Waals surface area contributed by atoms with Crippen LogP contribution in [0.4, 0.5) is 0 Å². The zero-order valence-electron chi connectivity index (χ0n) is 20.5. The predicted octanol–water partition coefficient (Wildman–Crippen LogP) is 5.10. The van der Waals surface area contributed by atoms with Crippen molar-refractivity contribution in [1.82, 2.24) is 9.80 Å². The van der Waals surface area contributed by atoms with Crippen LogP contribution < -0.4 is 0 Å². The lowest BCUT2D eigenvalue weighted by Gasteiger charge is -2.26. The summed E-state index contributed by atoms with van der Waals surface area (Å²) in [7, 11) is 0. The summed E-state index contributed by atoms with van der Waals surface area (Å²) >= 11 is 0. The van der Waals surface area contributed by atoms with Crippen LogP contribution in [0.3, 0.4) is 0 Å². The minimum atomic E-state index is 1.32. The molecule has 0 N–H and O–H groups in total. The van der Waals surface area contributed by atoms with E-state index in [0.29, 0.717) is 0 Å². The highest BCUT2D eigenvalue weighted by Crippen LogP contribution is 2.18. The van der Waals surface area contributed by atoms with Crippen molar-refractivity contribution in [3.63, 3.8) is 0 Å². The molecule has 0 aromatic carbocycles. The van der Waals surface area contributed by atoms with Crippen molar-refractivity contribution in [1.29, 1.82) is 0 Å². The topological polar surface area (TPSA) is 12.5 Å². The molecule has 0 aromatic heterocycles. The van der Waals surface area contributed by atoms with Gasteiger partial charge in [0, 0.05) is 25.7 Å². The molecule has 176 valence electrons. The van der Waals surface area contributed by atoms with Crippen molar-refractivity contribution in [2.45, 2.75) is 109 Å². The molecule has 0 atom stereocenters. The second-order valence-electron chi connectivity index (χ2n) is 10.6. The molecule has 4 heterocycles. The molecular formula is C27H50N4+2. The summed E-state index contributed by atoms with van der Waals surface area (Å²) in [6.07, 6.45) is 24.0. The molecule has 0 amide bonds. The van der Waals surface area contributed by atoms with Crippen LogP contribution in [0.2, 0.25) is 0 Å². The Labute approximate surface area is 192 Å². The first-order valence-corrected chi connectivity index (χ1v) is 14.1. The summed E-state index contributed by atoms with van der Waals surface area (Å²) in [5.74, 6) is 3.40. The fourth-order valence-corrected chi connectivity index (χ4v) is 6.43. The average Bonchev–Trinajstić information content (AvgIpc) is 3.19. The largest absolute Gasteiger partial charge is 0.266 e.